The van der Waals surface area contributed by atoms with Crippen molar-refractivity contribution in [3.05, 3.63) is 102 Å². The van der Waals surface area contributed by atoms with Crippen LogP contribution in [0.2, 0.25) is 0 Å². The van der Waals surface area contributed by atoms with Gasteiger partial charge in [0, 0.05) is 29.6 Å². The monoisotopic (exact) mass is 384 g/mol. The predicted octanol–water partition coefficient (Wildman–Crippen LogP) is 5.49. The quantitative estimate of drug-likeness (QED) is 0.586. The molecule has 0 unspecified atom stereocenters. The highest BCUT2D eigenvalue weighted by Gasteiger charge is 2.60. The second-order valence-electron chi connectivity index (χ2n) is 7.63. The van der Waals surface area contributed by atoms with Crippen LogP contribution in [-0.4, -0.2) is 10.9 Å². The third kappa shape index (κ3) is 2.50. The van der Waals surface area contributed by atoms with E-state index in [1.807, 2.05) is 54.6 Å². The maximum absolute atomic E-state index is 13.7. The summed E-state index contributed by atoms with van der Waals surface area (Å²) in [5, 5.41) is 0.170. The zero-order valence-electron chi connectivity index (χ0n) is 15.4. The van der Waals surface area contributed by atoms with E-state index in [2.05, 4.69) is 30.3 Å². The summed E-state index contributed by atoms with van der Waals surface area (Å²) in [6, 6.07) is 28.3. The first kappa shape index (κ1) is 17.4. The van der Waals surface area contributed by atoms with E-state index in [0.29, 0.717) is 12.8 Å². The van der Waals surface area contributed by atoms with E-state index in [9.17, 15) is 9.59 Å². The first-order valence-electron chi connectivity index (χ1n) is 9.64. The topological polar surface area (TPSA) is 34.1 Å². The maximum atomic E-state index is 13.7. The minimum absolute atomic E-state index is 0.149. The van der Waals surface area contributed by atoms with Gasteiger partial charge in [-0.2, -0.15) is 0 Å². The zero-order valence-corrected chi connectivity index (χ0v) is 16.2. The van der Waals surface area contributed by atoms with Gasteiger partial charge in [-0.3, -0.25) is 9.59 Å². The number of hydrogen-bond donors (Lipinski definition) is 0. The molecule has 1 fully saturated rings. The number of fused-ring (bicyclic) bond motifs is 2. The van der Waals surface area contributed by atoms with Crippen molar-refractivity contribution in [3.63, 3.8) is 0 Å². The molecule has 28 heavy (non-hydrogen) atoms. The standard InChI is InChI=1S/C25H20O2S/c26-19-15-21(17-9-3-1-4-10-17)25(22(16-19)18-11-5-2-6-12-18)20-13-7-8-14-23(20)28-24(25)27/h1-14,21-22H,15-16H2/t21-,22-/m1/s1. The van der Waals surface area contributed by atoms with Gasteiger partial charge < -0.3 is 0 Å². The highest BCUT2D eigenvalue weighted by molar-refractivity contribution is 8.14. The highest BCUT2D eigenvalue weighted by atomic mass is 32.2. The largest absolute Gasteiger partial charge is 0.300 e. The number of rotatable bonds is 2. The Hall–Kier alpha value is -2.65. The zero-order chi connectivity index (χ0) is 19.1. The molecule has 2 atom stereocenters. The van der Waals surface area contributed by atoms with Crippen LogP contribution >= 0.6 is 11.8 Å². The summed E-state index contributed by atoms with van der Waals surface area (Å²) >= 11 is 1.34. The molecule has 0 aromatic heterocycles. The minimum atomic E-state index is -0.710. The summed E-state index contributed by atoms with van der Waals surface area (Å²) in [4.78, 5) is 27.6. The van der Waals surface area contributed by atoms with Gasteiger partial charge in [0.25, 0.3) is 0 Å². The summed E-state index contributed by atoms with van der Waals surface area (Å²) in [7, 11) is 0. The number of Topliss-reactive ketones (excluding diaryl/α,β-unsaturated/α-hetero) is 1. The van der Waals surface area contributed by atoms with Gasteiger partial charge in [0.05, 0.1) is 5.41 Å². The van der Waals surface area contributed by atoms with Crippen molar-refractivity contribution in [1.29, 1.82) is 0 Å². The van der Waals surface area contributed by atoms with Crippen LogP contribution in [0.15, 0.2) is 89.8 Å². The van der Waals surface area contributed by atoms with Crippen molar-refractivity contribution < 1.29 is 9.59 Å². The van der Waals surface area contributed by atoms with Crippen molar-refractivity contribution in [1.82, 2.24) is 0 Å². The summed E-state index contributed by atoms with van der Waals surface area (Å²) < 4.78 is 0. The number of thioether (sulfide) groups is 1. The Kier molecular flexibility index (Phi) is 4.21. The first-order valence-corrected chi connectivity index (χ1v) is 10.5. The molecule has 0 saturated heterocycles. The van der Waals surface area contributed by atoms with Gasteiger partial charge in [-0.1, -0.05) is 90.6 Å². The van der Waals surface area contributed by atoms with E-state index in [4.69, 9.17) is 0 Å². The van der Waals surface area contributed by atoms with Gasteiger partial charge >= 0.3 is 0 Å². The van der Waals surface area contributed by atoms with Crippen molar-refractivity contribution in [2.75, 3.05) is 0 Å². The average Bonchev–Trinajstić information content (AvgIpc) is 3.03. The molecule has 3 aromatic carbocycles. The molecule has 1 saturated carbocycles. The minimum Gasteiger partial charge on any atom is -0.300 e. The molecule has 2 aliphatic rings. The number of ketones is 1. The Labute approximate surface area is 169 Å². The van der Waals surface area contributed by atoms with E-state index in [-0.39, 0.29) is 22.7 Å². The molecule has 138 valence electrons. The van der Waals surface area contributed by atoms with Crippen LogP contribution in [-0.2, 0) is 15.0 Å². The molecule has 0 N–H and O–H groups in total. The first-order chi connectivity index (χ1) is 13.7. The van der Waals surface area contributed by atoms with Crippen LogP contribution in [0.25, 0.3) is 0 Å². The molecule has 0 bridgehead atoms. The number of hydrogen-bond acceptors (Lipinski definition) is 3. The third-order valence-corrected chi connectivity index (χ3v) is 7.34. The van der Waals surface area contributed by atoms with Crippen molar-refractivity contribution in [2.24, 2.45) is 0 Å². The van der Waals surface area contributed by atoms with Crippen LogP contribution in [0.4, 0.5) is 0 Å². The summed E-state index contributed by atoms with van der Waals surface area (Å²) in [6.07, 6.45) is 0.821. The van der Waals surface area contributed by atoms with Crippen LogP contribution in [0.5, 0.6) is 0 Å². The number of carbonyl (C=O) groups is 2. The molecule has 3 aromatic rings. The SMILES string of the molecule is O=C1C[C@H](c2ccccc2)C2(C(=O)Sc3ccccc32)[C@@H](c2ccccc2)C1. The second-order valence-corrected chi connectivity index (χ2v) is 8.64. The lowest BCUT2D eigenvalue weighted by Crippen LogP contribution is -2.48. The lowest BCUT2D eigenvalue weighted by molar-refractivity contribution is -0.126. The van der Waals surface area contributed by atoms with Crippen molar-refractivity contribution in [3.8, 4) is 0 Å². The van der Waals surface area contributed by atoms with Gasteiger partial charge in [0.2, 0.25) is 5.12 Å². The van der Waals surface area contributed by atoms with Crippen LogP contribution < -0.4 is 0 Å². The van der Waals surface area contributed by atoms with Gasteiger partial charge in [-0.15, -0.1) is 0 Å². The fourth-order valence-corrected chi connectivity index (χ4v) is 6.34. The van der Waals surface area contributed by atoms with Gasteiger partial charge in [-0.25, -0.2) is 0 Å². The highest BCUT2D eigenvalue weighted by Crippen LogP contribution is 2.62. The number of benzene rings is 3. The molecule has 0 radical (unpaired) electrons. The molecule has 0 amide bonds. The molecule has 2 nitrogen and oxygen atoms in total. The summed E-state index contributed by atoms with van der Waals surface area (Å²) in [6.45, 7) is 0. The molecule has 1 aliphatic carbocycles. The lowest BCUT2D eigenvalue weighted by Gasteiger charge is -2.46. The van der Waals surface area contributed by atoms with Crippen LogP contribution in [0.3, 0.4) is 0 Å². The molecule has 5 rings (SSSR count). The average molecular weight is 385 g/mol. The Morgan fingerprint density at radius 3 is 1.75 bits per heavy atom. The molecular formula is C25H20O2S. The molecule has 1 aliphatic heterocycles. The third-order valence-electron chi connectivity index (χ3n) is 6.24. The van der Waals surface area contributed by atoms with E-state index < -0.39 is 5.41 Å². The van der Waals surface area contributed by atoms with Crippen LogP contribution in [0, 0.1) is 0 Å². The molecule has 3 heteroatoms. The molecular weight excluding hydrogens is 364 g/mol. The second kappa shape index (κ2) is 6.75. The summed E-state index contributed by atoms with van der Waals surface area (Å²) in [5.74, 6) is -0.0666. The fraction of sp³-hybridized carbons (Fsp3) is 0.200. The van der Waals surface area contributed by atoms with E-state index in [1.165, 1.54) is 11.8 Å². The van der Waals surface area contributed by atoms with Crippen molar-refractivity contribution in [2.45, 2.75) is 35.0 Å². The van der Waals surface area contributed by atoms with Gasteiger partial charge in [0.1, 0.15) is 5.78 Å². The van der Waals surface area contributed by atoms with Gasteiger partial charge in [-0.05, 0) is 22.8 Å². The Bertz CT molecular complexity index is 991. The van der Waals surface area contributed by atoms with E-state index in [1.54, 1.807) is 0 Å². The summed E-state index contributed by atoms with van der Waals surface area (Å²) in [5.41, 5.74) is 2.52. The Balaban J connectivity index is 1.80. The van der Waals surface area contributed by atoms with E-state index >= 15 is 0 Å². The van der Waals surface area contributed by atoms with Crippen molar-refractivity contribution >= 4 is 22.7 Å². The maximum Gasteiger partial charge on any atom is 0.205 e. The lowest BCUT2D eigenvalue weighted by atomic mass is 9.54. The number of carbonyl (C=O) groups excluding carboxylic acids is 2. The van der Waals surface area contributed by atoms with Crippen LogP contribution in [0.1, 0.15) is 41.4 Å². The molecule has 1 heterocycles. The fourth-order valence-electron chi connectivity index (χ4n) is 5.09. The Morgan fingerprint density at radius 1 is 0.679 bits per heavy atom. The molecule has 1 spiro atoms. The normalized spacial score (nSPS) is 23.0. The predicted molar refractivity (Wildman–Crippen MR) is 112 cm³/mol. The Morgan fingerprint density at radius 2 is 1.18 bits per heavy atom. The smallest absolute Gasteiger partial charge is 0.205 e. The van der Waals surface area contributed by atoms with Gasteiger partial charge in [0.15, 0.2) is 0 Å². The van der Waals surface area contributed by atoms with E-state index in [0.717, 1.165) is 21.6 Å².